The summed E-state index contributed by atoms with van der Waals surface area (Å²) in [5.41, 5.74) is -12.5. The second-order valence-electron chi connectivity index (χ2n) is 34.5. The summed E-state index contributed by atoms with van der Waals surface area (Å²) in [4.78, 5) is 154. The molecule has 2 saturated heterocycles. The number of ether oxygens (including phenoxy) is 11. The minimum atomic E-state index is -2.34. The molecule has 0 unspecified atom stereocenters. The zero-order valence-electron chi connectivity index (χ0n) is 70.5. The predicted octanol–water partition coefficient (Wildman–Crippen LogP) is 8.21. The molecule has 4 saturated carbocycles. The molecule has 6 aliphatic carbocycles. The van der Waals surface area contributed by atoms with Gasteiger partial charge in [0.05, 0.1) is 71.5 Å². The second-order valence-corrected chi connectivity index (χ2v) is 34.5. The summed E-state index contributed by atoms with van der Waals surface area (Å²) in [6.45, 7) is 15.7. The molecule has 7 N–H and O–H groups in total. The molecule has 2 heterocycles. The molecular formula is C94H104N2O27. The average molecular weight is 1690 g/mol. The number of carbonyl (C=O) groups excluding carboxylic acids is 11. The van der Waals surface area contributed by atoms with Crippen molar-refractivity contribution in [2.24, 2.45) is 33.5 Å². The van der Waals surface area contributed by atoms with Crippen LogP contribution in [0.1, 0.15) is 166 Å². The molecule has 2 aliphatic heterocycles. The van der Waals surface area contributed by atoms with E-state index in [1.165, 1.54) is 52.3 Å². The number of aliphatic hydroxyl groups is 5. The Morgan fingerprint density at radius 3 is 1.12 bits per heavy atom. The number of aliphatic hydroxyl groups excluding tert-OH is 3. The zero-order valence-corrected chi connectivity index (χ0v) is 70.5. The topological polar surface area (TPSA) is 415 Å². The smallest absolute Gasteiger partial charge is 0.338 e. The van der Waals surface area contributed by atoms with E-state index in [1.807, 2.05) is 0 Å². The molecular weight excluding hydrogens is 1590 g/mol. The summed E-state index contributed by atoms with van der Waals surface area (Å²) >= 11 is 0. The van der Waals surface area contributed by atoms with Crippen molar-refractivity contribution in [3.8, 4) is 0 Å². The number of esters is 7. The third-order valence-electron chi connectivity index (χ3n) is 27.3. The second kappa shape index (κ2) is 34.6. The molecule has 6 fully saturated rings. The summed E-state index contributed by atoms with van der Waals surface area (Å²) in [7, 11) is 2.80. The van der Waals surface area contributed by atoms with Gasteiger partial charge in [0.25, 0.3) is 11.8 Å². The lowest BCUT2D eigenvalue weighted by Gasteiger charge is -2.67. The predicted molar refractivity (Wildman–Crippen MR) is 435 cm³/mol. The number of Topliss-reactive ketones (excluding diaryl/α,β-unsaturated/α-hetero) is 2. The zero-order chi connectivity index (χ0) is 89.0. The van der Waals surface area contributed by atoms with Crippen LogP contribution in [0.25, 0.3) is 0 Å². The first-order valence-corrected chi connectivity index (χ1v) is 40.8. The molecule has 652 valence electrons. The third-order valence-corrected chi connectivity index (χ3v) is 27.3. The molecule has 0 radical (unpaired) electrons. The van der Waals surface area contributed by atoms with Crippen molar-refractivity contribution < 1.29 is 130 Å². The SMILES string of the molecule is CO[C@@]12CO[C@@H]1C[C@H](O)[C@@]1(C)C(=O)[C@H](OC(C)=O)C3=C(C)[C@@H](OC(=O)[C@H](O)[C@@H](NC(=O)c4ccccc4)c4ccccc4)C[C@@](O)([C@@H](OC(=O)c4ccccc4)[C@H]21)C3(C)C.CO[C@H]1C[C@H]2OC[C@@]2(OC(C)=O)[C@H]2[C@H](OC(=O)c3ccccc3)[C@]3(O)C[C@H](OC(=O)[C@H](O)[C@@H](NC(=O)c4ccccc4)c4ccccc4)C(C)=C([C@@H](OC(C)=O)C(=O)[C@]12C)C3(C)C. The van der Waals surface area contributed by atoms with Gasteiger partial charge in [-0.3, -0.25) is 33.6 Å². The number of carbonyl (C=O) groups is 11. The van der Waals surface area contributed by atoms with Gasteiger partial charge in [-0.05, 0) is 110 Å². The summed E-state index contributed by atoms with van der Waals surface area (Å²) in [5.74, 6) is -11.9. The van der Waals surface area contributed by atoms with E-state index in [9.17, 15) is 68.7 Å². The lowest BCUT2D eigenvalue weighted by Crippen LogP contribution is -2.82. The lowest BCUT2D eigenvalue weighted by atomic mass is 9.44. The quantitative estimate of drug-likeness (QED) is 0.0203. The lowest BCUT2D eigenvalue weighted by molar-refractivity contribution is -0.350. The number of hydrogen-bond acceptors (Lipinski definition) is 27. The Labute approximate surface area is 711 Å². The van der Waals surface area contributed by atoms with Gasteiger partial charge in [0, 0.05) is 88.5 Å². The van der Waals surface area contributed by atoms with Gasteiger partial charge in [0.2, 0.25) is 0 Å². The minimum absolute atomic E-state index is 0.0377. The van der Waals surface area contributed by atoms with Crippen LogP contribution in [-0.2, 0) is 85.7 Å². The minimum Gasteiger partial charge on any atom is -0.456 e. The summed E-state index contributed by atoms with van der Waals surface area (Å²) < 4.78 is 67.3. The molecule has 0 spiro atoms. The maximum Gasteiger partial charge on any atom is 0.338 e. The number of benzene rings is 6. The summed E-state index contributed by atoms with van der Waals surface area (Å²) in [6.07, 6.45) is -18.9. The van der Waals surface area contributed by atoms with Crippen molar-refractivity contribution in [2.75, 3.05) is 27.4 Å². The number of rotatable bonds is 21. The molecule has 6 aromatic rings. The first-order valence-electron chi connectivity index (χ1n) is 40.8. The fourth-order valence-corrected chi connectivity index (χ4v) is 20.6. The maximum atomic E-state index is 15.7. The first kappa shape index (κ1) is 89.8. The maximum absolute atomic E-state index is 15.7. The van der Waals surface area contributed by atoms with Crippen LogP contribution in [0, 0.1) is 33.5 Å². The molecule has 0 aromatic heterocycles. The van der Waals surface area contributed by atoms with Crippen molar-refractivity contribution >= 4 is 65.2 Å². The van der Waals surface area contributed by atoms with E-state index in [2.05, 4.69) is 10.6 Å². The van der Waals surface area contributed by atoms with E-state index in [1.54, 1.807) is 206 Å². The van der Waals surface area contributed by atoms with Crippen LogP contribution in [0.4, 0.5) is 0 Å². The fraction of sp³-hybridized carbons (Fsp3) is 0.457. The number of fused-ring (bicyclic) bond motifs is 10. The highest BCUT2D eigenvalue weighted by Crippen LogP contribution is 2.67. The molecule has 4 bridgehead atoms. The largest absolute Gasteiger partial charge is 0.456 e. The molecule has 29 nitrogen and oxygen atoms in total. The van der Waals surface area contributed by atoms with Gasteiger partial charge in [0.1, 0.15) is 47.3 Å². The van der Waals surface area contributed by atoms with Gasteiger partial charge in [-0.2, -0.15) is 0 Å². The Hall–Kier alpha value is -11.0. The Bertz CT molecular complexity index is 5100. The monoisotopic (exact) mass is 1690 g/mol. The summed E-state index contributed by atoms with van der Waals surface area (Å²) in [5, 5.41) is 68.5. The van der Waals surface area contributed by atoms with Gasteiger partial charge >= 0.3 is 41.8 Å². The van der Waals surface area contributed by atoms with E-state index in [0.717, 1.165) is 13.8 Å². The Kier molecular flexibility index (Phi) is 25.3. The third kappa shape index (κ3) is 15.6. The van der Waals surface area contributed by atoms with Gasteiger partial charge in [-0.15, -0.1) is 0 Å². The van der Waals surface area contributed by atoms with Crippen molar-refractivity contribution in [1.29, 1.82) is 0 Å². The molecule has 29 heteroatoms. The highest BCUT2D eigenvalue weighted by atomic mass is 16.6. The molecule has 22 atom stereocenters. The Morgan fingerprint density at radius 2 is 0.789 bits per heavy atom. The van der Waals surface area contributed by atoms with Crippen molar-refractivity contribution in [2.45, 2.75) is 210 Å². The van der Waals surface area contributed by atoms with E-state index < -0.39 is 219 Å². The molecule has 14 rings (SSSR count). The Morgan fingerprint density at radius 1 is 0.447 bits per heavy atom. The highest BCUT2D eigenvalue weighted by molar-refractivity contribution is 5.99. The molecule has 2 amide bonds. The van der Waals surface area contributed by atoms with Gasteiger partial charge in [-0.25, -0.2) is 19.2 Å². The Balaban J connectivity index is 0.000000212. The van der Waals surface area contributed by atoms with E-state index in [-0.39, 0.29) is 70.6 Å². The molecule has 8 aliphatic rings. The van der Waals surface area contributed by atoms with Crippen LogP contribution < -0.4 is 10.6 Å². The van der Waals surface area contributed by atoms with Crippen molar-refractivity contribution in [3.63, 3.8) is 0 Å². The average Bonchev–Trinajstić information content (AvgIpc) is 0.672. The molecule has 123 heavy (non-hydrogen) atoms. The van der Waals surface area contributed by atoms with Gasteiger partial charge in [-0.1, -0.05) is 161 Å². The van der Waals surface area contributed by atoms with E-state index in [4.69, 9.17) is 52.1 Å². The van der Waals surface area contributed by atoms with Gasteiger partial charge < -0.3 is 88.3 Å². The van der Waals surface area contributed by atoms with Crippen LogP contribution in [0.3, 0.4) is 0 Å². The standard InChI is InChI=1S/C48H53NO14.C46H51NO13/c1-26-32(61-44(56)37(52)36(29-17-11-8-12-18-29)49-42(54)30-19-13-9-14-20-30)24-48(57)41(62-43(55)31-21-15-10-16-22-31)39-46(6,40(53)38(60-27(2)50)35(26)45(48,4)5)33(58-7)23-34-47(39,25-59-34)63-28(3)51;1-25-30(59-42(54)35(50)34(27-16-10-7-11-17-27)47-40(52)28-18-12-8-13-19-28)23-46(55)39(60-41(53)29-20-14-9-15-21-29)37-44(5,31(49)22-32-45(37,56-6)24-57-32)38(51)36(58-26(2)48)33(25)43(46,3)4/h8-22,32-34,36-39,41,52,57H,23-25H2,1-7H3,(H,49,54);7-21,30-32,34-37,39,49-50,55H,22-24H2,1-6H3,(H,47,52)/t32-,33-,34+,36-,37+,38+,39-,41-,46+,47-,48+;30-,31-,32+,34-,35+,36+,37-,39-,44+,45-,46+/m00/s1. The number of methoxy groups -OCH3 is 2. The first-order chi connectivity index (χ1) is 58.2. The van der Waals surface area contributed by atoms with Crippen LogP contribution >= 0.6 is 0 Å². The number of nitrogens with one attached hydrogen (secondary N) is 2. The fourth-order valence-electron chi connectivity index (χ4n) is 20.6. The summed E-state index contributed by atoms with van der Waals surface area (Å²) in [6, 6.07) is 46.5. The van der Waals surface area contributed by atoms with Crippen LogP contribution in [-0.4, -0.2) is 214 Å². The molecule has 6 aromatic carbocycles. The van der Waals surface area contributed by atoms with Crippen LogP contribution in [0.2, 0.25) is 0 Å². The van der Waals surface area contributed by atoms with E-state index in [0.29, 0.717) is 11.1 Å². The van der Waals surface area contributed by atoms with Crippen molar-refractivity contribution in [1.82, 2.24) is 10.6 Å². The highest BCUT2D eigenvalue weighted by Gasteiger charge is 2.81. The van der Waals surface area contributed by atoms with Gasteiger partial charge in [0.15, 0.2) is 41.6 Å². The number of ketones is 2. The number of hydrogen-bond donors (Lipinski definition) is 7. The van der Waals surface area contributed by atoms with E-state index >= 15 is 9.59 Å². The van der Waals surface area contributed by atoms with Crippen LogP contribution in [0.15, 0.2) is 204 Å². The van der Waals surface area contributed by atoms with Crippen LogP contribution in [0.5, 0.6) is 0 Å². The number of amides is 2. The van der Waals surface area contributed by atoms with Crippen molar-refractivity contribution in [3.05, 3.63) is 238 Å². The normalized spacial score (nSPS) is 32.1.